The Balaban J connectivity index is 2.38. The van der Waals surface area contributed by atoms with Gasteiger partial charge in [-0.3, -0.25) is 14.5 Å². The van der Waals surface area contributed by atoms with E-state index in [9.17, 15) is 9.59 Å². The Morgan fingerprint density at radius 2 is 2.05 bits per heavy atom. The Labute approximate surface area is 143 Å². The van der Waals surface area contributed by atoms with Gasteiger partial charge in [0.2, 0.25) is 11.8 Å². The molecule has 0 aromatic heterocycles. The highest BCUT2D eigenvalue weighted by Gasteiger charge is 2.39. The molecule has 1 aliphatic heterocycles. The van der Waals surface area contributed by atoms with Crippen molar-refractivity contribution in [2.24, 2.45) is 5.92 Å². The molecule has 2 atom stereocenters. The smallest absolute Gasteiger partial charge is 0.250 e. The maximum Gasteiger partial charge on any atom is 0.250 e. The highest BCUT2D eigenvalue weighted by atomic mass is 127. The quantitative estimate of drug-likeness (QED) is 0.764. The molecule has 0 spiro atoms. The highest BCUT2D eigenvalue weighted by molar-refractivity contribution is 14.1. The second-order valence-electron chi connectivity index (χ2n) is 5.67. The molecule has 2 rings (SSSR count). The SMILES string of the molecule is CC(C)CC1NC(=O)C(C)N(c2ccc(Cl)cc2I)C1=O. The van der Waals surface area contributed by atoms with Crippen molar-refractivity contribution in [1.29, 1.82) is 0 Å². The number of amides is 2. The first-order chi connectivity index (χ1) is 9.81. The fourth-order valence-corrected chi connectivity index (χ4v) is 3.60. The van der Waals surface area contributed by atoms with Gasteiger partial charge in [-0.05, 0) is 60.1 Å². The number of carbonyl (C=O) groups is 2. The maximum absolute atomic E-state index is 12.7. The molecule has 0 saturated carbocycles. The lowest BCUT2D eigenvalue weighted by Gasteiger charge is -2.38. The summed E-state index contributed by atoms with van der Waals surface area (Å²) < 4.78 is 0.860. The number of halogens is 2. The van der Waals surface area contributed by atoms with Crippen molar-refractivity contribution >= 4 is 51.7 Å². The molecule has 21 heavy (non-hydrogen) atoms. The zero-order chi connectivity index (χ0) is 15.7. The summed E-state index contributed by atoms with van der Waals surface area (Å²) in [7, 11) is 0. The molecule has 0 bridgehead atoms. The molecule has 2 unspecified atom stereocenters. The third-order valence-electron chi connectivity index (χ3n) is 3.50. The van der Waals surface area contributed by atoms with E-state index in [-0.39, 0.29) is 11.8 Å². The summed E-state index contributed by atoms with van der Waals surface area (Å²) in [6, 6.07) is 4.35. The van der Waals surface area contributed by atoms with Gasteiger partial charge in [-0.2, -0.15) is 0 Å². The van der Waals surface area contributed by atoms with E-state index in [2.05, 4.69) is 27.9 Å². The van der Waals surface area contributed by atoms with E-state index in [4.69, 9.17) is 11.6 Å². The fourth-order valence-electron chi connectivity index (χ4n) is 2.47. The third-order valence-corrected chi connectivity index (χ3v) is 4.59. The number of nitrogens with one attached hydrogen (secondary N) is 1. The second-order valence-corrected chi connectivity index (χ2v) is 7.27. The van der Waals surface area contributed by atoms with Crippen molar-refractivity contribution in [3.63, 3.8) is 0 Å². The number of carbonyl (C=O) groups excluding carboxylic acids is 2. The number of nitrogens with zero attached hydrogens (tertiary/aromatic N) is 1. The summed E-state index contributed by atoms with van der Waals surface area (Å²) in [6.45, 7) is 5.81. The fraction of sp³-hybridized carbons (Fsp3) is 0.467. The average Bonchev–Trinajstić information content (AvgIpc) is 2.38. The standard InChI is InChI=1S/C15H18ClIN2O2/c1-8(2)6-12-15(21)19(9(3)14(20)18-12)13-5-4-10(16)7-11(13)17/h4-5,7-9,12H,6H2,1-3H3,(H,18,20). The predicted octanol–water partition coefficient (Wildman–Crippen LogP) is 3.21. The van der Waals surface area contributed by atoms with Gasteiger partial charge < -0.3 is 5.32 Å². The van der Waals surface area contributed by atoms with Gasteiger partial charge in [0, 0.05) is 8.59 Å². The number of anilines is 1. The van der Waals surface area contributed by atoms with Crippen LogP contribution in [0.2, 0.25) is 5.02 Å². The molecule has 0 radical (unpaired) electrons. The van der Waals surface area contributed by atoms with Crippen LogP contribution in [-0.4, -0.2) is 23.9 Å². The Kier molecular flexibility index (Phi) is 5.14. The van der Waals surface area contributed by atoms with Crippen LogP contribution in [0.5, 0.6) is 0 Å². The summed E-state index contributed by atoms with van der Waals surface area (Å²) in [5.41, 5.74) is 0.737. The summed E-state index contributed by atoms with van der Waals surface area (Å²) in [5.74, 6) is 0.154. The van der Waals surface area contributed by atoms with Gasteiger partial charge in [-0.1, -0.05) is 25.4 Å². The normalized spacial score (nSPS) is 22.7. The molecule has 2 amide bonds. The third kappa shape index (κ3) is 3.51. The molecule has 1 aromatic rings. The molecule has 1 fully saturated rings. The molecule has 0 aliphatic carbocycles. The molecule has 4 nitrogen and oxygen atoms in total. The van der Waals surface area contributed by atoms with E-state index < -0.39 is 12.1 Å². The van der Waals surface area contributed by atoms with Crippen molar-refractivity contribution in [2.75, 3.05) is 4.90 Å². The van der Waals surface area contributed by atoms with E-state index in [0.717, 1.165) is 9.26 Å². The molecule has 1 aliphatic rings. The molecular formula is C15H18ClIN2O2. The summed E-state index contributed by atoms with van der Waals surface area (Å²) in [4.78, 5) is 26.5. The van der Waals surface area contributed by atoms with E-state index in [1.165, 1.54) is 0 Å². The first-order valence-corrected chi connectivity index (χ1v) is 8.35. The average molecular weight is 421 g/mol. The van der Waals surface area contributed by atoms with E-state index in [1.807, 2.05) is 13.8 Å². The first kappa shape index (κ1) is 16.5. The Morgan fingerprint density at radius 3 is 2.62 bits per heavy atom. The molecule has 1 heterocycles. The van der Waals surface area contributed by atoms with Gasteiger partial charge in [0.1, 0.15) is 12.1 Å². The van der Waals surface area contributed by atoms with Crippen molar-refractivity contribution < 1.29 is 9.59 Å². The van der Waals surface area contributed by atoms with Gasteiger partial charge >= 0.3 is 0 Å². The van der Waals surface area contributed by atoms with Crippen LogP contribution >= 0.6 is 34.2 Å². The van der Waals surface area contributed by atoms with Crippen LogP contribution in [0, 0.1) is 9.49 Å². The number of rotatable bonds is 3. The van der Waals surface area contributed by atoms with Crippen LogP contribution < -0.4 is 10.2 Å². The molecule has 114 valence electrons. The number of piperazine rings is 1. The lowest BCUT2D eigenvalue weighted by atomic mass is 9.98. The predicted molar refractivity (Wildman–Crippen MR) is 92.5 cm³/mol. The summed E-state index contributed by atoms with van der Waals surface area (Å²) >= 11 is 8.11. The van der Waals surface area contributed by atoms with Crippen LogP contribution in [0.25, 0.3) is 0 Å². The largest absolute Gasteiger partial charge is 0.342 e. The zero-order valence-electron chi connectivity index (χ0n) is 12.2. The molecular weight excluding hydrogens is 403 g/mol. The number of benzene rings is 1. The Hall–Kier alpha value is -0.820. The van der Waals surface area contributed by atoms with Gasteiger partial charge in [-0.25, -0.2) is 0 Å². The molecule has 1 saturated heterocycles. The summed E-state index contributed by atoms with van der Waals surface area (Å²) in [6.07, 6.45) is 0.637. The van der Waals surface area contributed by atoms with Crippen molar-refractivity contribution in [3.05, 3.63) is 26.8 Å². The van der Waals surface area contributed by atoms with Crippen LogP contribution in [0.15, 0.2) is 18.2 Å². The topological polar surface area (TPSA) is 49.4 Å². The monoisotopic (exact) mass is 420 g/mol. The highest BCUT2D eigenvalue weighted by Crippen LogP contribution is 2.30. The van der Waals surface area contributed by atoms with Crippen molar-refractivity contribution in [1.82, 2.24) is 5.32 Å². The lowest BCUT2D eigenvalue weighted by Crippen LogP contribution is -2.63. The zero-order valence-corrected chi connectivity index (χ0v) is 15.1. The van der Waals surface area contributed by atoms with Gasteiger partial charge in [-0.15, -0.1) is 0 Å². The summed E-state index contributed by atoms with van der Waals surface area (Å²) in [5, 5.41) is 3.43. The van der Waals surface area contributed by atoms with Crippen LogP contribution in [0.1, 0.15) is 27.2 Å². The first-order valence-electron chi connectivity index (χ1n) is 6.89. The number of hydrogen-bond donors (Lipinski definition) is 1. The minimum Gasteiger partial charge on any atom is -0.342 e. The van der Waals surface area contributed by atoms with Gasteiger partial charge in [0.15, 0.2) is 0 Å². The second kappa shape index (κ2) is 6.52. The van der Waals surface area contributed by atoms with E-state index in [1.54, 1.807) is 30.0 Å². The minimum absolute atomic E-state index is 0.0592. The van der Waals surface area contributed by atoms with Crippen molar-refractivity contribution in [2.45, 2.75) is 39.3 Å². The van der Waals surface area contributed by atoms with Gasteiger partial charge in [0.25, 0.3) is 0 Å². The van der Waals surface area contributed by atoms with Gasteiger partial charge in [0.05, 0.1) is 5.69 Å². The lowest BCUT2D eigenvalue weighted by molar-refractivity contribution is -0.133. The maximum atomic E-state index is 12.7. The molecule has 6 heteroatoms. The van der Waals surface area contributed by atoms with E-state index >= 15 is 0 Å². The van der Waals surface area contributed by atoms with Crippen LogP contribution in [0.4, 0.5) is 5.69 Å². The van der Waals surface area contributed by atoms with Crippen molar-refractivity contribution in [3.8, 4) is 0 Å². The Morgan fingerprint density at radius 1 is 1.38 bits per heavy atom. The van der Waals surface area contributed by atoms with Crippen LogP contribution in [-0.2, 0) is 9.59 Å². The number of hydrogen-bond acceptors (Lipinski definition) is 2. The molecule has 1 aromatic carbocycles. The van der Waals surface area contributed by atoms with E-state index in [0.29, 0.717) is 17.4 Å². The van der Waals surface area contributed by atoms with Crippen LogP contribution in [0.3, 0.4) is 0 Å². The molecule has 1 N–H and O–H groups in total. The minimum atomic E-state index is -0.518. The Bertz CT molecular complexity index is 577.